The highest BCUT2D eigenvalue weighted by Crippen LogP contribution is 2.22. The van der Waals surface area contributed by atoms with Gasteiger partial charge in [-0.25, -0.2) is 0 Å². The molecule has 26 heavy (non-hydrogen) atoms. The van der Waals surface area contributed by atoms with Gasteiger partial charge in [-0.3, -0.25) is 28.6 Å². The minimum Gasteiger partial charge on any atom is -0.273 e. The van der Waals surface area contributed by atoms with Crippen molar-refractivity contribution in [1.82, 2.24) is 10.6 Å². The van der Waals surface area contributed by atoms with Gasteiger partial charge in [0.2, 0.25) is 11.8 Å². The first-order valence-electron chi connectivity index (χ1n) is 8.05. The van der Waals surface area contributed by atoms with Gasteiger partial charge in [-0.1, -0.05) is 27.7 Å². The van der Waals surface area contributed by atoms with Gasteiger partial charge in [-0.2, -0.15) is 10.5 Å². The molecule has 2 atom stereocenters. The van der Waals surface area contributed by atoms with Crippen LogP contribution in [0.4, 0.5) is 0 Å². The van der Waals surface area contributed by atoms with Gasteiger partial charge in [0.1, 0.15) is 0 Å². The molecule has 2 unspecified atom stereocenters. The van der Waals surface area contributed by atoms with Gasteiger partial charge in [-0.05, 0) is 12.8 Å². The molecule has 0 aliphatic carbocycles. The summed E-state index contributed by atoms with van der Waals surface area (Å²) in [5, 5.41) is 21.1. The highest BCUT2D eigenvalue weighted by Gasteiger charge is 2.29. The smallest absolute Gasteiger partial charge is 0.238 e. The summed E-state index contributed by atoms with van der Waals surface area (Å²) in [6.45, 7) is 6.68. The number of nitriles is 2. The zero-order valence-electron chi connectivity index (χ0n) is 15.6. The number of rotatable bonds is 11. The second kappa shape index (κ2) is 11.0. The van der Waals surface area contributed by atoms with Crippen LogP contribution in [0.15, 0.2) is 0 Å². The Kier molecular flexibility index (Phi) is 10.3. The van der Waals surface area contributed by atoms with Crippen LogP contribution in [0.2, 0.25) is 0 Å². The molecule has 0 bridgehead atoms. The summed E-state index contributed by atoms with van der Waals surface area (Å²) in [4.78, 5) is 23.4. The summed E-state index contributed by atoms with van der Waals surface area (Å²) in [5.74, 6) is 0.204. The molecule has 0 aliphatic heterocycles. The molecule has 0 rings (SSSR count). The van der Waals surface area contributed by atoms with E-state index in [-0.39, 0.29) is 23.0 Å². The lowest BCUT2D eigenvalue weighted by Crippen LogP contribution is -2.35. The molecular formula is C16H26N4O4S2. The predicted octanol–water partition coefficient (Wildman–Crippen LogP) is 0.511. The molecule has 0 aliphatic rings. The Morgan fingerprint density at radius 1 is 0.769 bits per heavy atom. The fourth-order valence-corrected chi connectivity index (χ4v) is 5.17. The van der Waals surface area contributed by atoms with E-state index in [1.54, 1.807) is 40.1 Å². The van der Waals surface area contributed by atoms with Crippen molar-refractivity contribution in [1.29, 1.82) is 10.5 Å². The van der Waals surface area contributed by atoms with E-state index >= 15 is 0 Å². The number of carbonyl (C=O) groups excluding carboxylic acids is 2. The number of hydrogen-bond donors (Lipinski definition) is 2. The fraction of sp³-hybridized carbons (Fsp3) is 0.750. The zero-order valence-corrected chi connectivity index (χ0v) is 17.2. The number of hydrogen-bond acceptors (Lipinski definition) is 6. The molecular weight excluding hydrogens is 376 g/mol. The van der Waals surface area contributed by atoms with Crippen molar-refractivity contribution < 1.29 is 18.0 Å². The fourth-order valence-electron chi connectivity index (χ4n) is 1.79. The summed E-state index contributed by atoms with van der Waals surface area (Å²) in [7, 11) is -2.44. The third kappa shape index (κ3) is 9.07. The monoisotopic (exact) mass is 402 g/mol. The van der Waals surface area contributed by atoms with Crippen molar-refractivity contribution >= 4 is 33.4 Å². The maximum absolute atomic E-state index is 12.0. The van der Waals surface area contributed by atoms with Crippen molar-refractivity contribution in [3.05, 3.63) is 0 Å². The second-order valence-electron chi connectivity index (χ2n) is 7.10. The summed E-state index contributed by atoms with van der Waals surface area (Å²) in [5.41, 5.74) is -1.61. The second-order valence-corrected chi connectivity index (χ2v) is 10.5. The van der Waals surface area contributed by atoms with Gasteiger partial charge in [0.25, 0.3) is 0 Å². The molecule has 0 heterocycles. The van der Waals surface area contributed by atoms with Crippen molar-refractivity contribution in [3.8, 4) is 12.4 Å². The quantitative estimate of drug-likeness (QED) is 0.381. The Hall–Kier alpha value is -1.78. The Morgan fingerprint density at radius 3 is 1.35 bits per heavy atom. The average molecular weight is 403 g/mol. The normalized spacial score (nSPS) is 13.8. The maximum Gasteiger partial charge on any atom is 0.238 e. The van der Waals surface area contributed by atoms with E-state index < -0.39 is 44.2 Å². The molecule has 0 aromatic rings. The highest BCUT2D eigenvalue weighted by atomic mass is 32.2. The lowest BCUT2D eigenvalue weighted by atomic mass is 9.89. The van der Waals surface area contributed by atoms with Crippen LogP contribution in [0, 0.1) is 33.7 Å². The molecule has 0 spiro atoms. The first-order chi connectivity index (χ1) is 12.0. The minimum absolute atomic E-state index is 0.243. The van der Waals surface area contributed by atoms with Gasteiger partial charge < -0.3 is 0 Å². The van der Waals surface area contributed by atoms with Crippen LogP contribution in [-0.2, 0) is 31.2 Å². The molecule has 0 saturated heterocycles. The van der Waals surface area contributed by atoms with E-state index in [2.05, 4.69) is 10.6 Å². The predicted molar refractivity (Wildman–Crippen MR) is 100 cm³/mol. The van der Waals surface area contributed by atoms with Gasteiger partial charge in [-0.15, -0.1) is 0 Å². The maximum atomic E-state index is 12.0. The van der Waals surface area contributed by atoms with Crippen LogP contribution in [-0.4, -0.2) is 43.2 Å². The zero-order chi connectivity index (χ0) is 20.4. The number of amides is 2. The topological polar surface area (TPSA) is 140 Å². The summed E-state index contributed by atoms with van der Waals surface area (Å²) in [6, 6.07) is 0. The van der Waals surface area contributed by atoms with E-state index in [9.17, 15) is 18.0 Å². The SMILES string of the molecule is CC(C)(CCS(=O)CCS(=O)CCC(C)(C)C(=O)NC#N)C(=O)NC#N. The molecule has 2 amide bonds. The molecule has 10 heteroatoms. The third-order valence-corrected chi connectivity index (χ3v) is 6.91. The molecule has 0 fully saturated rings. The molecule has 0 aromatic carbocycles. The van der Waals surface area contributed by atoms with Crippen LogP contribution in [0.3, 0.4) is 0 Å². The largest absolute Gasteiger partial charge is 0.273 e. The Balaban J connectivity index is 4.26. The lowest BCUT2D eigenvalue weighted by Gasteiger charge is -2.21. The van der Waals surface area contributed by atoms with Crippen LogP contribution < -0.4 is 10.6 Å². The molecule has 0 radical (unpaired) electrons. The lowest BCUT2D eigenvalue weighted by molar-refractivity contribution is -0.128. The summed E-state index contributed by atoms with van der Waals surface area (Å²) < 4.78 is 24.1. The van der Waals surface area contributed by atoms with Crippen molar-refractivity contribution in [2.45, 2.75) is 40.5 Å². The van der Waals surface area contributed by atoms with Crippen LogP contribution in [0.25, 0.3) is 0 Å². The summed E-state index contributed by atoms with van der Waals surface area (Å²) >= 11 is 0. The molecule has 8 nitrogen and oxygen atoms in total. The van der Waals surface area contributed by atoms with E-state index in [1.807, 2.05) is 0 Å². The van der Waals surface area contributed by atoms with E-state index in [1.165, 1.54) is 0 Å². The first-order valence-corrected chi connectivity index (χ1v) is 11.0. The van der Waals surface area contributed by atoms with Gasteiger partial charge in [0, 0.05) is 55.4 Å². The van der Waals surface area contributed by atoms with Gasteiger partial charge in [0.15, 0.2) is 12.4 Å². The minimum atomic E-state index is -1.22. The standard InChI is InChI=1S/C16H26N4O4S2/c1-15(2,13(21)19-11-17)5-7-25(23)9-10-26(24)8-6-16(3,4)14(22)20-12-18/h5-10H2,1-4H3,(H,19,21)(H,20,22). The Bertz CT molecular complexity index is 592. The number of nitrogens with zero attached hydrogens (tertiary/aromatic N) is 2. The molecule has 146 valence electrons. The van der Waals surface area contributed by atoms with Gasteiger partial charge in [0.05, 0.1) is 0 Å². The first kappa shape index (κ1) is 24.2. The average Bonchev–Trinajstić information content (AvgIpc) is 2.56. The third-order valence-electron chi connectivity index (χ3n) is 4.02. The van der Waals surface area contributed by atoms with Crippen molar-refractivity contribution in [2.24, 2.45) is 10.8 Å². The summed E-state index contributed by atoms with van der Waals surface area (Å²) in [6.07, 6.45) is 3.86. The Labute approximate surface area is 159 Å². The van der Waals surface area contributed by atoms with E-state index in [0.29, 0.717) is 12.8 Å². The number of carbonyl (C=O) groups is 2. The highest BCUT2D eigenvalue weighted by molar-refractivity contribution is 7.88. The molecule has 0 aromatic heterocycles. The van der Waals surface area contributed by atoms with Crippen LogP contribution >= 0.6 is 0 Å². The van der Waals surface area contributed by atoms with Crippen molar-refractivity contribution in [2.75, 3.05) is 23.0 Å². The molecule has 0 saturated carbocycles. The van der Waals surface area contributed by atoms with E-state index in [4.69, 9.17) is 10.5 Å². The van der Waals surface area contributed by atoms with E-state index in [0.717, 1.165) is 0 Å². The Morgan fingerprint density at radius 2 is 1.08 bits per heavy atom. The van der Waals surface area contributed by atoms with Gasteiger partial charge >= 0.3 is 0 Å². The number of nitrogens with one attached hydrogen (secondary N) is 2. The van der Waals surface area contributed by atoms with Crippen molar-refractivity contribution in [3.63, 3.8) is 0 Å². The van der Waals surface area contributed by atoms with Crippen LogP contribution in [0.1, 0.15) is 40.5 Å². The molecule has 2 N–H and O–H groups in total. The van der Waals surface area contributed by atoms with Crippen LogP contribution in [0.5, 0.6) is 0 Å².